The van der Waals surface area contributed by atoms with Crippen molar-refractivity contribution in [2.75, 3.05) is 0 Å². The summed E-state index contributed by atoms with van der Waals surface area (Å²) in [5.74, 6) is 0.967. The molecule has 0 amide bonds. The van der Waals surface area contributed by atoms with Crippen molar-refractivity contribution in [3.05, 3.63) is 94.0 Å². The molecule has 6 aromatic rings. The minimum Gasteiger partial charge on any atom is -0.505 e. The number of rotatable bonds is 6. The summed E-state index contributed by atoms with van der Waals surface area (Å²) in [5.41, 5.74) is 8.36. The highest BCUT2D eigenvalue weighted by molar-refractivity contribution is 6.31. The molecule has 0 bridgehead atoms. The van der Waals surface area contributed by atoms with E-state index in [1.807, 2.05) is 42.5 Å². The smallest absolute Gasteiger partial charge is 0.146 e. The maximum absolute atomic E-state index is 10.9. The number of fused-ring (bicyclic) bond motifs is 2. The van der Waals surface area contributed by atoms with Crippen LogP contribution in [0.1, 0.15) is 91.0 Å². The quantitative estimate of drug-likeness (QED) is 0.184. The number of hydrogen-bond acceptors (Lipinski definition) is 6. The average molecular weight is 667 g/mol. The molecule has 0 unspecified atom stereocenters. The van der Waals surface area contributed by atoms with Crippen LogP contribution < -0.4 is 0 Å². The summed E-state index contributed by atoms with van der Waals surface area (Å²) >= 11 is 6.03. The summed E-state index contributed by atoms with van der Waals surface area (Å²) in [7, 11) is 0. The topological polar surface area (TPSA) is 102 Å². The predicted molar refractivity (Wildman–Crippen MR) is 196 cm³/mol. The minimum absolute atomic E-state index is 0.0327. The van der Waals surface area contributed by atoms with E-state index in [0.717, 1.165) is 52.5 Å². The second-order valence-electron chi connectivity index (χ2n) is 15.0. The van der Waals surface area contributed by atoms with Crippen molar-refractivity contribution in [2.45, 2.75) is 92.4 Å². The van der Waals surface area contributed by atoms with Gasteiger partial charge in [0.25, 0.3) is 0 Å². The molecule has 2 aromatic heterocycles. The van der Waals surface area contributed by atoms with Crippen LogP contribution >= 0.6 is 11.6 Å². The molecule has 0 fully saturated rings. The highest BCUT2D eigenvalue weighted by atomic mass is 35.5. The summed E-state index contributed by atoms with van der Waals surface area (Å²) in [5, 5.41) is 40.3. The molecule has 0 aliphatic carbocycles. The minimum atomic E-state index is -0.174. The Morgan fingerprint density at radius 3 is 1.79 bits per heavy atom. The SMILES string of the molecule is CC(C)(C)c1cc(-n2nc3ccccc3n2)c(O)c(C(C)(C)C)c1.CCCc1cc(CC(C)C)c(O)c(-n2nc3ccc(Cl)cc3n2)c1. The molecule has 0 radical (unpaired) electrons. The summed E-state index contributed by atoms with van der Waals surface area (Å²) in [6.07, 6.45) is 2.84. The van der Waals surface area contributed by atoms with Crippen LogP contribution in [0.4, 0.5) is 0 Å². The Kier molecular flexibility index (Phi) is 9.88. The summed E-state index contributed by atoms with van der Waals surface area (Å²) in [6, 6.07) is 21.3. The molecule has 48 heavy (non-hydrogen) atoms. The molecular formula is C39H47ClN6O2. The van der Waals surface area contributed by atoms with Gasteiger partial charge >= 0.3 is 0 Å². The van der Waals surface area contributed by atoms with Gasteiger partial charge in [-0.15, -0.1) is 30.0 Å². The lowest BCUT2D eigenvalue weighted by Crippen LogP contribution is -2.18. The molecule has 0 saturated heterocycles. The third kappa shape index (κ3) is 7.65. The van der Waals surface area contributed by atoms with Gasteiger partial charge in [-0.1, -0.05) is 105 Å². The molecule has 2 N–H and O–H groups in total. The van der Waals surface area contributed by atoms with Gasteiger partial charge < -0.3 is 10.2 Å². The number of halogens is 1. The van der Waals surface area contributed by atoms with Crippen molar-refractivity contribution >= 4 is 33.7 Å². The van der Waals surface area contributed by atoms with Gasteiger partial charge in [-0.05, 0) is 88.7 Å². The fourth-order valence-corrected chi connectivity index (χ4v) is 5.83. The van der Waals surface area contributed by atoms with Gasteiger partial charge in [0.2, 0.25) is 0 Å². The normalized spacial score (nSPS) is 12.1. The zero-order chi connectivity index (χ0) is 35.0. The Bertz CT molecular complexity index is 2030. The molecule has 9 heteroatoms. The molecule has 0 atom stereocenters. The number of phenolic OH excluding ortho intramolecular Hbond substituents is 2. The van der Waals surface area contributed by atoms with Crippen molar-refractivity contribution in [1.82, 2.24) is 30.0 Å². The molecule has 0 aliphatic rings. The standard InChI is InChI=1S/C20H25N3O.C19H22ClN3O/c1-19(2,3)13-11-14(20(4,5)6)18(24)17(12-13)23-21-15-9-7-8-10-16(15)22-23;1-4-5-13-9-14(8-12(2)3)19(24)18(10-13)23-21-16-7-6-15(20)11-17(16)22-23/h7-12,24H,1-6H3;6-7,9-12,24H,4-5,8H2,1-3H3. The third-order valence-corrected chi connectivity index (χ3v) is 8.45. The number of hydrogen-bond donors (Lipinski definition) is 2. The zero-order valence-corrected chi connectivity index (χ0v) is 30.3. The number of nitrogens with zero attached hydrogens (tertiary/aromatic N) is 6. The molecular weight excluding hydrogens is 620 g/mol. The highest BCUT2D eigenvalue weighted by Crippen LogP contribution is 2.39. The van der Waals surface area contributed by atoms with Gasteiger partial charge in [-0.2, -0.15) is 0 Å². The Balaban J connectivity index is 0.000000188. The van der Waals surface area contributed by atoms with E-state index in [9.17, 15) is 10.2 Å². The van der Waals surface area contributed by atoms with Crippen molar-refractivity contribution in [2.24, 2.45) is 5.92 Å². The van der Waals surface area contributed by atoms with Gasteiger partial charge in [-0.25, -0.2) is 0 Å². The van der Waals surface area contributed by atoms with E-state index in [2.05, 4.69) is 94.8 Å². The molecule has 2 heterocycles. The second-order valence-corrected chi connectivity index (χ2v) is 15.4. The lowest BCUT2D eigenvalue weighted by atomic mass is 9.80. The summed E-state index contributed by atoms with van der Waals surface area (Å²) in [6.45, 7) is 19.3. The van der Waals surface area contributed by atoms with Crippen molar-refractivity contribution in [1.29, 1.82) is 0 Å². The molecule has 4 aromatic carbocycles. The first-order chi connectivity index (χ1) is 22.5. The Morgan fingerprint density at radius 1 is 0.688 bits per heavy atom. The number of phenols is 2. The fourth-order valence-electron chi connectivity index (χ4n) is 5.66. The summed E-state index contributed by atoms with van der Waals surface area (Å²) in [4.78, 5) is 3.06. The molecule has 0 aliphatic heterocycles. The Labute approximate surface area is 288 Å². The number of aromatic hydroxyl groups is 2. The lowest BCUT2D eigenvalue weighted by molar-refractivity contribution is 0.438. The van der Waals surface area contributed by atoms with Crippen LogP contribution in [0.25, 0.3) is 33.4 Å². The maximum Gasteiger partial charge on any atom is 0.146 e. The summed E-state index contributed by atoms with van der Waals surface area (Å²) < 4.78 is 0. The predicted octanol–water partition coefficient (Wildman–Crippen LogP) is 9.65. The fraction of sp³-hybridized carbons (Fsp3) is 0.385. The van der Waals surface area contributed by atoms with Gasteiger partial charge in [-0.3, -0.25) is 0 Å². The molecule has 252 valence electrons. The Morgan fingerprint density at radius 2 is 1.25 bits per heavy atom. The molecule has 8 nitrogen and oxygen atoms in total. The van der Waals surface area contributed by atoms with E-state index in [1.54, 1.807) is 16.9 Å². The van der Waals surface area contributed by atoms with E-state index >= 15 is 0 Å². The molecule has 6 rings (SSSR count). The van der Waals surface area contributed by atoms with E-state index in [1.165, 1.54) is 10.4 Å². The van der Waals surface area contributed by atoms with Gasteiger partial charge in [0.1, 0.15) is 44.9 Å². The first-order valence-corrected chi connectivity index (χ1v) is 17.0. The molecule has 0 saturated carbocycles. The van der Waals surface area contributed by atoms with Gasteiger partial charge in [0, 0.05) is 10.6 Å². The maximum atomic E-state index is 10.9. The van der Waals surface area contributed by atoms with Crippen molar-refractivity contribution in [3.63, 3.8) is 0 Å². The highest BCUT2D eigenvalue weighted by Gasteiger charge is 2.26. The van der Waals surface area contributed by atoms with E-state index in [-0.39, 0.29) is 22.3 Å². The van der Waals surface area contributed by atoms with Crippen molar-refractivity contribution < 1.29 is 10.2 Å². The van der Waals surface area contributed by atoms with Gasteiger partial charge in [0.05, 0.1) is 0 Å². The van der Waals surface area contributed by atoms with Crippen LogP contribution in [0.3, 0.4) is 0 Å². The lowest BCUT2D eigenvalue weighted by Gasteiger charge is -2.27. The monoisotopic (exact) mass is 666 g/mol. The van der Waals surface area contributed by atoms with Crippen LogP contribution in [0.15, 0.2) is 66.7 Å². The van der Waals surface area contributed by atoms with Crippen LogP contribution in [-0.4, -0.2) is 40.2 Å². The van der Waals surface area contributed by atoms with E-state index in [0.29, 0.717) is 27.8 Å². The van der Waals surface area contributed by atoms with Crippen LogP contribution in [-0.2, 0) is 23.7 Å². The second kappa shape index (κ2) is 13.6. The third-order valence-electron chi connectivity index (χ3n) is 8.22. The average Bonchev–Trinajstić information content (AvgIpc) is 3.62. The first-order valence-electron chi connectivity index (χ1n) is 16.6. The largest absolute Gasteiger partial charge is 0.505 e. The first kappa shape index (κ1) is 34.9. The van der Waals surface area contributed by atoms with E-state index < -0.39 is 0 Å². The van der Waals surface area contributed by atoms with Crippen LogP contribution in [0, 0.1) is 5.92 Å². The van der Waals surface area contributed by atoms with E-state index in [4.69, 9.17) is 11.6 Å². The van der Waals surface area contributed by atoms with Crippen LogP contribution in [0.5, 0.6) is 11.5 Å². The number of aromatic nitrogens is 6. The van der Waals surface area contributed by atoms with Crippen molar-refractivity contribution in [3.8, 4) is 22.9 Å². The van der Waals surface area contributed by atoms with Gasteiger partial charge in [0.15, 0.2) is 0 Å². The zero-order valence-electron chi connectivity index (χ0n) is 29.5. The van der Waals surface area contributed by atoms with Crippen LogP contribution in [0.2, 0.25) is 5.02 Å². The Hall–Kier alpha value is -4.43. The number of aryl methyl sites for hydroxylation is 1. The molecule has 0 spiro atoms. The number of benzene rings is 4.